The Morgan fingerprint density at radius 1 is 1.47 bits per heavy atom. The van der Waals surface area contributed by atoms with E-state index in [2.05, 4.69) is 10.00 Å². The summed E-state index contributed by atoms with van der Waals surface area (Å²) >= 11 is 0. The van der Waals surface area contributed by atoms with Crippen molar-refractivity contribution in [3.8, 4) is 0 Å². The van der Waals surface area contributed by atoms with E-state index in [1.54, 1.807) is 0 Å². The molecule has 2 aliphatic rings. The first-order valence-electron chi connectivity index (χ1n) is 6.62. The largest absolute Gasteiger partial charge is 0.388 e. The molecule has 1 N–H and O–H groups in total. The third-order valence-corrected chi connectivity index (χ3v) is 4.32. The Kier molecular flexibility index (Phi) is 2.71. The maximum absolute atomic E-state index is 10.9. The van der Waals surface area contributed by atoms with E-state index in [1.807, 2.05) is 24.0 Å². The van der Waals surface area contributed by atoms with Gasteiger partial charge in [0, 0.05) is 32.3 Å². The van der Waals surface area contributed by atoms with Gasteiger partial charge in [-0.2, -0.15) is 5.10 Å². The fraction of sp³-hybridized carbons (Fsp3) is 0.769. The van der Waals surface area contributed by atoms with Gasteiger partial charge in [-0.05, 0) is 31.9 Å². The van der Waals surface area contributed by atoms with E-state index in [0.717, 1.165) is 31.6 Å². The van der Waals surface area contributed by atoms with Gasteiger partial charge in [-0.25, -0.2) is 0 Å². The fourth-order valence-electron chi connectivity index (χ4n) is 3.45. The lowest BCUT2D eigenvalue weighted by Gasteiger charge is -2.37. The predicted molar refractivity (Wildman–Crippen MR) is 65.7 cm³/mol. The van der Waals surface area contributed by atoms with Crippen LogP contribution < -0.4 is 0 Å². The van der Waals surface area contributed by atoms with Crippen molar-refractivity contribution in [3.63, 3.8) is 0 Å². The maximum atomic E-state index is 10.9. The van der Waals surface area contributed by atoms with E-state index >= 15 is 0 Å². The molecule has 0 bridgehead atoms. The molecule has 0 aromatic carbocycles. The second-order valence-corrected chi connectivity index (χ2v) is 5.56. The molecule has 3 heterocycles. The van der Waals surface area contributed by atoms with Gasteiger partial charge >= 0.3 is 0 Å². The molecule has 2 atom stereocenters. The minimum atomic E-state index is -0.547. The van der Waals surface area contributed by atoms with Crippen molar-refractivity contribution in [1.29, 1.82) is 0 Å². The molecule has 1 aromatic heterocycles. The normalized spacial score (nSPS) is 33.9. The van der Waals surface area contributed by atoms with Gasteiger partial charge in [-0.1, -0.05) is 6.42 Å². The van der Waals surface area contributed by atoms with Crippen LogP contribution in [0, 0.1) is 0 Å². The van der Waals surface area contributed by atoms with Crippen molar-refractivity contribution in [1.82, 2.24) is 14.7 Å². The van der Waals surface area contributed by atoms with Crippen LogP contribution >= 0.6 is 0 Å². The van der Waals surface area contributed by atoms with Gasteiger partial charge in [0.1, 0.15) is 0 Å². The predicted octanol–water partition coefficient (Wildman–Crippen LogP) is 0.952. The molecule has 4 nitrogen and oxygen atoms in total. The molecule has 4 heteroatoms. The summed E-state index contributed by atoms with van der Waals surface area (Å²) in [5.74, 6) is 0. The highest BCUT2D eigenvalue weighted by atomic mass is 16.3. The van der Waals surface area contributed by atoms with Crippen molar-refractivity contribution < 1.29 is 5.11 Å². The number of aliphatic hydroxyl groups is 1. The topological polar surface area (TPSA) is 41.3 Å². The van der Waals surface area contributed by atoms with Crippen molar-refractivity contribution in [3.05, 3.63) is 18.0 Å². The van der Waals surface area contributed by atoms with Crippen molar-refractivity contribution in [2.24, 2.45) is 7.05 Å². The third-order valence-electron chi connectivity index (χ3n) is 4.32. The zero-order chi connectivity index (χ0) is 11.9. The fourth-order valence-corrected chi connectivity index (χ4v) is 3.45. The van der Waals surface area contributed by atoms with Crippen LogP contribution in [-0.4, -0.2) is 44.5 Å². The molecule has 0 aliphatic carbocycles. The molecule has 2 saturated heterocycles. The Bertz CT molecular complexity index is 403. The maximum Gasteiger partial charge on any atom is 0.0870 e. The van der Waals surface area contributed by atoms with Gasteiger partial charge in [0.05, 0.1) is 11.3 Å². The van der Waals surface area contributed by atoms with Crippen LogP contribution in [0.25, 0.3) is 0 Å². The molecule has 2 unspecified atom stereocenters. The van der Waals surface area contributed by atoms with Gasteiger partial charge in [-0.3, -0.25) is 9.58 Å². The summed E-state index contributed by atoms with van der Waals surface area (Å²) in [6.45, 7) is 2.21. The lowest BCUT2D eigenvalue weighted by molar-refractivity contribution is -0.00963. The van der Waals surface area contributed by atoms with E-state index in [0.29, 0.717) is 12.5 Å². The smallest absolute Gasteiger partial charge is 0.0870 e. The number of aryl methyl sites for hydroxylation is 1. The van der Waals surface area contributed by atoms with Gasteiger partial charge < -0.3 is 5.11 Å². The number of hydrogen-bond acceptors (Lipinski definition) is 3. The van der Waals surface area contributed by atoms with E-state index < -0.39 is 5.60 Å². The van der Waals surface area contributed by atoms with Crippen LogP contribution in [0.5, 0.6) is 0 Å². The van der Waals surface area contributed by atoms with Crippen LogP contribution in [-0.2, 0) is 13.5 Å². The van der Waals surface area contributed by atoms with E-state index in [-0.39, 0.29) is 0 Å². The lowest BCUT2D eigenvalue weighted by atomic mass is 9.85. The second kappa shape index (κ2) is 4.10. The van der Waals surface area contributed by atoms with Gasteiger partial charge in [0.15, 0.2) is 0 Å². The first kappa shape index (κ1) is 11.2. The molecule has 0 radical (unpaired) electrons. The van der Waals surface area contributed by atoms with E-state index in [1.165, 1.54) is 12.8 Å². The average molecular weight is 235 g/mol. The summed E-state index contributed by atoms with van der Waals surface area (Å²) in [4.78, 5) is 2.46. The highest BCUT2D eigenvalue weighted by molar-refractivity contribution is 5.10. The summed E-state index contributed by atoms with van der Waals surface area (Å²) in [7, 11) is 1.93. The summed E-state index contributed by atoms with van der Waals surface area (Å²) in [6.07, 6.45) is 7.24. The summed E-state index contributed by atoms with van der Waals surface area (Å²) in [6, 6.07) is 2.38. The molecule has 2 aliphatic heterocycles. The Labute approximate surface area is 102 Å². The monoisotopic (exact) mass is 235 g/mol. The first-order chi connectivity index (χ1) is 8.17. The third kappa shape index (κ3) is 2.00. The summed E-state index contributed by atoms with van der Waals surface area (Å²) in [5.41, 5.74) is 0.469. The number of fused-ring (bicyclic) bond motifs is 1. The lowest BCUT2D eigenvalue weighted by Crippen LogP contribution is -2.48. The first-order valence-corrected chi connectivity index (χ1v) is 6.62. The molecule has 3 rings (SSSR count). The van der Waals surface area contributed by atoms with E-state index in [4.69, 9.17) is 0 Å². The molecule has 17 heavy (non-hydrogen) atoms. The highest BCUT2D eigenvalue weighted by Crippen LogP contribution is 2.36. The van der Waals surface area contributed by atoms with Gasteiger partial charge in [0.2, 0.25) is 0 Å². The van der Waals surface area contributed by atoms with Crippen molar-refractivity contribution in [2.75, 3.05) is 13.1 Å². The quantitative estimate of drug-likeness (QED) is 0.830. The molecular weight excluding hydrogens is 214 g/mol. The zero-order valence-electron chi connectivity index (χ0n) is 10.5. The minimum Gasteiger partial charge on any atom is -0.388 e. The van der Waals surface area contributed by atoms with Crippen LogP contribution in [0.1, 0.15) is 31.4 Å². The van der Waals surface area contributed by atoms with Crippen molar-refractivity contribution in [2.45, 2.75) is 43.7 Å². The Morgan fingerprint density at radius 2 is 2.35 bits per heavy atom. The average Bonchev–Trinajstić information content (AvgIpc) is 2.86. The minimum absolute atomic E-state index is 0.359. The Balaban J connectivity index is 1.76. The Hall–Kier alpha value is -0.870. The number of nitrogens with zero attached hydrogens (tertiary/aromatic N) is 3. The highest BCUT2D eigenvalue weighted by Gasteiger charge is 2.46. The molecule has 0 amide bonds. The molecule has 0 saturated carbocycles. The molecule has 1 aromatic rings. The van der Waals surface area contributed by atoms with Crippen molar-refractivity contribution >= 4 is 0 Å². The van der Waals surface area contributed by atoms with Crippen LogP contribution in [0.2, 0.25) is 0 Å². The zero-order valence-corrected chi connectivity index (χ0v) is 10.5. The summed E-state index contributed by atoms with van der Waals surface area (Å²) < 4.78 is 1.81. The Morgan fingerprint density at radius 3 is 3.12 bits per heavy atom. The SMILES string of the molecule is Cn1ccc(CC2(O)CCN3CCCCC32)n1. The number of piperidine rings is 1. The molecule has 0 spiro atoms. The van der Waals surface area contributed by atoms with Crippen LogP contribution in [0.15, 0.2) is 12.3 Å². The number of hydrogen-bond donors (Lipinski definition) is 1. The molecule has 2 fully saturated rings. The number of rotatable bonds is 2. The van der Waals surface area contributed by atoms with E-state index in [9.17, 15) is 5.11 Å². The number of aromatic nitrogens is 2. The van der Waals surface area contributed by atoms with Gasteiger partial charge in [-0.15, -0.1) is 0 Å². The second-order valence-electron chi connectivity index (χ2n) is 5.56. The molecule has 94 valence electrons. The standard InChI is InChI=1S/C13H21N3O/c1-15-8-5-11(14-15)10-13(17)6-9-16-7-3-2-4-12(13)16/h5,8,12,17H,2-4,6-7,9-10H2,1H3. The van der Waals surface area contributed by atoms with Gasteiger partial charge in [0.25, 0.3) is 0 Å². The molecular formula is C13H21N3O. The van der Waals surface area contributed by atoms with Crippen LogP contribution in [0.4, 0.5) is 0 Å². The summed E-state index contributed by atoms with van der Waals surface area (Å²) in [5, 5.41) is 15.3. The van der Waals surface area contributed by atoms with Crippen LogP contribution in [0.3, 0.4) is 0 Å².